The average molecular weight is 394 g/mol. The van der Waals surface area contributed by atoms with Gasteiger partial charge < -0.3 is 18.9 Å². The van der Waals surface area contributed by atoms with Gasteiger partial charge in [-0.3, -0.25) is 4.90 Å². The molecule has 0 bridgehead atoms. The largest absolute Gasteiger partial charge is 0.497 e. The number of nitrogens with zero attached hydrogens (tertiary/aromatic N) is 4. The quantitative estimate of drug-likeness (QED) is 0.634. The lowest BCUT2D eigenvalue weighted by Gasteiger charge is -2.40. The Morgan fingerprint density at radius 2 is 1.62 bits per heavy atom. The van der Waals surface area contributed by atoms with E-state index in [4.69, 9.17) is 14.0 Å². The fraction of sp³-hybridized carbons (Fsp3) is 0.364. The summed E-state index contributed by atoms with van der Waals surface area (Å²) < 4.78 is 15.9. The Morgan fingerprint density at radius 1 is 0.966 bits per heavy atom. The van der Waals surface area contributed by atoms with Gasteiger partial charge in [-0.05, 0) is 55.5 Å². The first-order valence-electron chi connectivity index (χ1n) is 9.76. The van der Waals surface area contributed by atoms with Crippen LogP contribution in [0.2, 0.25) is 0 Å². The Balaban J connectivity index is 1.37. The lowest BCUT2D eigenvalue weighted by molar-refractivity contribution is 0.159. The molecule has 1 atom stereocenters. The average Bonchev–Trinajstić information content (AvgIpc) is 3.24. The summed E-state index contributed by atoms with van der Waals surface area (Å²) in [4.78, 5) is 9.35. The maximum absolute atomic E-state index is 5.50. The molecule has 7 nitrogen and oxygen atoms in total. The number of anilines is 1. The van der Waals surface area contributed by atoms with Gasteiger partial charge >= 0.3 is 0 Å². The lowest BCUT2D eigenvalue weighted by Crippen LogP contribution is -2.51. The van der Waals surface area contributed by atoms with Crippen LogP contribution in [0.3, 0.4) is 0 Å². The van der Waals surface area contributed by atoms with Crippen molar-refractivity contribution in [2.75, 3.05) is 38.8 Å². The molecule has 0 unspecified atom stereocenters. The Bertz CT molecular complexity index is 924. The zero-order valence-electron chi connectivity index (χ0n) is 17.0. The van der Waals surface area contributed by atoms with Crippen molar-refractivity contribution in [2.24, 2.45) is 0 Å². The third-order valence-corrected chi connectivity index (χ3v) is 5.36. The predicted octanol–water partition coefficient (Wildman–Crippen LogP) is 3.46. The van der Waals surface area contributed by atoms with E-state index in [0.717, 1.165) is 36.7 Å². The van der Waals surface area contributed by atoms with E-state index in [1.54, 1.807) is 14.2 Å². The molecular formula is C22H26N4O3. The zero-order chi connectivity index (χ0) is 20.2. The molecule has 1 saturated heterocycles. The minimum absolute atomic E-state index is 0.377. The number of aromatic nitrogens is 2. The Labute approximate surface area is 170 Å². The van der Waals surface area contributed by atoms with Gasteiger partial charge in [-0.25, -0.2) is 0 Å². The first kappa shape index (κ1) is 19.3. The summed E-state index contributed by atoms with van der Waals surface area (Å²) in [5.74, 6) is 2.93. The highest BCUT2D eigenvalue weighted by atomic mass is 16.5. The molecule has 2 aromatic carbocycles. The van der Waals surface area contributed by atoms with E-state index in [0.29, 0.717) is 24.3 Å². The van der Waals surface area contributed by atoms with E-state index < -0.39 is 0 Å². The van der Waals surface area contributed by atoms with Crippen LogP contribution in [0.15, 0.2) is 53.1 Å². The fourth-order valence-corrected chi connectivity index (χ4v) is 3.61. The molecule has 4 rings (SSSR count). The van der Waals surface area contributed by atoms with Crippen molar-refractivity contribution in [3.8, 4) is 22.9 Å². The molecule has 0 aliphatic carbocycles. The summed E-state index contributed by atoms with van der Waals surface area (Å²) in [5, 5.41) is 4.14. The molecule has 29 heavy (non-hydrogen) atoms. The number of benzene rings is 2. The molecule has 3 aromatic rings. The van der Waals surface area contributed by atoms with E-state index in [1.807, 2.05) is 36.4 Å². The molecule has 1 aliphatic heterocycles. The number of piperazine rings is 1. The lowest BCUT2D eigenvalue weighted by atomic mass is 10.1. The molecule has 1 aliphatic rings. The van der Waals surface area contributed by atoms with Crippen molar-refractivity contribution < 1.29 is 14.0 Å². The topological polar surface area (TPSA) is 63.9 Å². The summed E-state index contributed by atoms with van der Waals surface area (Å²) >= 11 is 0. The SMILES string of the molecule is COc1ccc(-c2noc(CN3CCN(c4ccc(OC)cc4)C[C@@H]3C)n2)cc1. The van der Waals surface area contributed by atoms with E-state index in [1.165, 1.54) is 5.69 Å². The Hall–Kier alpha value is -3.06. The van der Waals surface area contributed by atoms with Gasteiger partial charge in [-0.2, -0.15) is 4.98 Å². The van der Waals surface area contributed by atoms with Crippen LogP contribution in [-0.4, -0.2) is 54.9 Å². The van der Waals surface area contributed by atoms with E-state index >= 15 is 0 Å². The smallest absolute Gasteiger partial charge is 0.241 e. The third kappa shape index (κ3) is 4.35. The van der Waals surface area contributed by atoms with Gasteiger partial charge in [-0.1, -0.05) is 5.16 Å². The monoisotopic (exact) mass is 394 g/mol. The minimum atomic E-state index is 0.377. The van der Waals surface area contributed by atoms with Crippen LogP contribution >= 0.6 is 0 Å². The van der Waals surface area contributed by atoms with Gasteiger partial charge in [0.15, 0.2) is 0 Å². The first-order chi connectivity index (χ1) is 14.2. The van der Waals surface area contributed by atoms with Gasteiger partial charge in [0, 0.05) is 36.9 Å². The summed E-state index contributed by atoms with van der Waals surface area (Å²) in [6.07, 6.45) is 0. The second-order valence-electron chi connectivity index (χ2n) is 7.20. The number of ether oxygens (including phenoxy) is 2. The zero-order valence-corrected chi connectivity index (χ0v) is 17.0. The molecular weight excluding hydrogens is 368 g/mol. The van der Waals surface area contributed by atoms with Crippen LogP contribution in [-0.2, 0) is 6.54 Å². The third-order valence-electron chi connectivity index (χ3n) is 5.36. The number of methoxy groups -OCH3 is 2. The molecule has 1 aromatic heterocycles. The normalized spacial score (nSPS) is 17.3. The van der Waals surface area contributed by atoms with Crippen molar-refractivity contribution in [3.63, 3.8) is 0 Å². The Kier molecular flexibility index (Phi) is 5.67. The maximum atomic E-state index is 5.50. The molecule has 152 valence electrons. The number of rotatable bonds is 6. The predicted molar refractivity (Wildman–Crippen MR) is 111 cm³/mol. The van der Waals surface area contributed by atoms with E-state index in [-0.39, 0.29) is 0 Å². The van der Waals surface area contributed by atoms with Crippen LogP contribution in [0, 0.1) is 0 Å². The van der Waals surface area contributed by atoms with Gasteiger partial charge in [0.2, 0.25) is 11.7 Å². The van der Waals surface area contributed by atoms with E-state index in [2.05, 4.69) is 39.0 Å². The van der Waals surface area contributed by atoms with Gasteiger partial charge in [0.1, 0.15) is 11.5 Å². The summed E-state index contributed by atoms with van der Waals surface area (Å²) in [6, 6.07) is 16.3. The number of hydrogen-bond donors (Lipinski definition) is 0. The van der Waals surface area contributed by atoms with Crippen molar-refractivity contribution in [1.29, 1.82) is 0 Å². The van der Waals surface area contributed by atoms with Crippen molar-refractivity contribution >= 4 is 5.69 Å². The van der Waals surface area contributed by atoms with E-state index in [9.17, 15) is 0 Å². The van der Waals surface area contributed by atoms with Crippen molar-refractivity contribution in [3.05, 3.63) is 54.4 Å². The highest BCUT2D eigenvalue weighted by molar-refractivity contribution is 5.55. The highest BCUT2D eigenvalue weighted by Gasteiger charge is 2.25. The molecule has 2 heterocycles. The summed E-state index contributed by atoms with van der Waals surface area (Å²) in [6.45, 7) is 5.73. The number of hydrogen-bond acceptors (Lipinski definition) is 7. The highest BCUT2D eigenvalue weighted by Crippen LogP contribution is 2.24. The standard InChI is InChI=1S/C22H26N4O3/c1-16-14-26(18-6-10-20(28-3)11-7-18)13-12-25(16)15-21-23-22(24-29-21)17-4-8-19(27-2)9-5-17/h4-11,16H,12-15H2,1-3H3/t16-/m0/s1. The molecule has 0 N–H and O–H groups in total. The van der Waals surface area contributed by atoms with Crippen LogP contribution < -0.4 is 14.4 Å². The Morgan fingerprint density at radius 3 is 2.24 bits per heavy atom. The second kappa shape index (κ2) is 8.53. The summed E-state index contributed by atoms with van der Waals surface area (Å²) in [5.41, 5.74) is 2.13. The molecule has 1 fully saturated rings. The van der Waals surface area contributed by atoms with Crippen LogP contribution in [0.5, 0.6) is 11.5 Å². The maximum Gasteiger partial charge on any atom is 0.241 e. The molecule has 0 amide bonds. The fourth-order valence-electron chi connectivity index (χ4n) is 3.61. The second-order valence-corrected chi connectivity index (χ2v) is 7.20. The first-order valence-corrected chi connectivity index (χ1v) is 9.76. The van der Waals surface area contributed by atoms with Gasteiger partial charge in [-0.15, -0.1) is 0 Å². The minimum Gasteiger partial charge on any atom is -0.497 e. The molecule has 0 spiro atoms. The van der Waals surface area contributed by atoms with Crippen LogP contribution in [0.1, 0.15) is 12.8 Å². The van der Waals surface area contributed by atoms with Crippen molar-refractivity contribution in [1.82, 2.24) is 15.0 Å². The molecule has 7 heteroatoms. The van der Waals surface area contributed by atoms with Crippen LogP contribution in [0.25, 0.3) is 11.4 Å². The van der Waals surface area contributed by atoms with Crippen LogP contribution in [0.4, 0.5) is 5.69 Å². The summed E-state index contributed by atoms with van der Waals surface area (Å²) in [7, 11) is 3.34. The molecule has 0 saturated carbocycles. The van der Waals surface area contributed by atoms with Gasteiger partial charge in [0.05, 0.1) is 20.8 Å². The van der Waals surface area contributed by atoms with Crippen molar-refractivity contribution in [2.45, 2.75) is 19.5 Å². The van der Waals surface area contributed by atoms with Gasteiger partial charge in [0.25, 0.3) is 0 Å². The molecule has 0 radical (unpaired) electrons.